The van der Waals surface area contributed by atoms with E-state index < -0.39 is 7.32 Å². The van der Waals surface area contributed by atoms with Crippen molar-refractivity contribution in [3.8, 4) is 0 Å². The molecule has 0 spiro atoms. The molecule has 0 aliphatic heterocycles. The summed E-state index contributed by atoms with van der Waals surface area (Å²) in [5, 5.41) is 15.9. The molecule has 4 N–H and O–H groups in total. The molecule has 0 radical (unpaired) electrons. The lowest BCUT2D eigenvalue weighted by Crippen LogP contribution is -2.21. The summed E-state index contributed by atoms with van der Waals surface area (Å²) in [5.41, 5.74) is 4.93. The van der Waals surface area contributed by atoms with E-state index in [-0.39, 0.29) is 6.61 Å². The van der Waals surface area contributed by atoms with Gasteiger partial charge in [0, 0.05) is 13.2 Å². The van der Waals surface area contributed by atoms with Gasteiger partial charge in [-0.1, -0.05) is 0 Å². The molecule has 0 aliphatic carbocycles. The summed E-state index contributed by atoms with van der Waals surface area (Å²) in [5.74, 6) is 0. The average molecular weight is 105 g/mol. The zero-order valence-corrected chi connectivity index (χ0v) is 3.87. The maximum absolute atomic E-state index is 7.96. The Morgan fingerprint density at radius 3 is 2.29 bits per heavy atom. The highest BCUT2D eigenvalue weighted by Gasteiger charge is 2.04. The summed E-state index contributed by atoms with van der Waals surface area (Å²) in [6, 6.07) is 0. The molecule has 0 heterocycles. The normalized spacial score (nSPS) is 9.00. The van der Waals surface area contributed by atoms with Crippen LogP contribution in [0.1, 0.15) is 0 Å². The van der Waals surface area contributed by atoms with Crippen molar-refractivity contribution >= 4 is 7.32 Å². The fourth-order valence-corrected chi connectivity index (χ4v) is 0.173. The van der Waals surface area contributed by atoms with Crippen LogP contribution in [0.4, 0.5) is 0 Å². The molecule has 0 amide bonds. The Morgan fingerprint density at radius 2 is 2.14 bits per heavy atom. The van der Waals surface area contributed by atoms with Crippen molar-refractivity contribution in [2.75, 3.05) is 13.2 Å². The Balaban J connectivity index is 2.68. The topological polar surface area (TPSA) is 75.7 Å². The average Bonchev–Trinajstić information content (AvgIpc) is 1.61. The lowest BCUT2D eigenvalue weighted by atomic mass is 10.3. The predicted molar refractivity (Wildman–Crippen MR) is 25.2 cm³/mol. The third-order valence-electron chi connectivity index (χ3n) is 0.385. The van der Waals surface area contributed by atoms with Gasteiger partial charge in [0.25, 0.3) is 0 Å². The van der Waals surface area contributed by atoms with Gasteiger partial charge in [0.1, 0.15) is 0 Å². The Kier molecular flexibility index (Phi) is 4.02. The first-order chi connectivity index (χ1) is 3.27. The summed E-state index contributed by atoms with van der Waals surface area (Å²) < 4.78 is 4.18. The molecule has 0 saturated heterocycles. The van der Waals surface area contributed by atoms with Crippen LogP contribution in [0.25, 0.3) is 0 Å². The van der Waals surface area contributed by atoms with E-state index in [1.54, 1.807) is 0 Å². The van der Waals surface area contributed by atoms with Crippen LogP contribution in [0.2, 0.25) is 0 Å². The van der Waals surface area contributed by atoms with E-state index in [1.165, 1.54) is 0 Å². The Morgan fingerprint density at radius 1 is 1.57 bits per heavy atom. The monoisotopic (exact) mass is 105 g/mol. The van der Waals surface area contributed by atoms with Gasteiger partial charge in [0.15, 0.2) is 0 Å². The van der Waals surface area contributed by atoms with E-state index in [9.17, 15) is 0 Å². The lowest BCUT2D eigenvalue weighted by molar-refractivity contribution is 0.191. The highest BCUT2D eigenvalue weighted by Crippen LogP contribution is 1.69. The molecule has 0 aromatic carbocycles. The number of hydrogen-bond acceptors (Lipinski definition) is 4. The van der Waals surface area contributed by atoms with Crippen molar-refractivity contribution < 1.29 is 14.7 Å². The van der Waals surface area contributed by atoms with Crippen LogP contribution in [0.3, 0.4) is 0 Å². The quantitative estimate of drug-likeness (QED) is 0.360. The molecular formula is C2H8BNO3. The summed E-state index contributed by atoms with van der Waals surface area (Å²) in [6.07, 6.45) is 0. The van der Waals surface area contributed by atoms with Gasteiger partial charge in [-0.25, -0.2) is 0 Å². The van der Waals surface area contributed by atoms with E-state index in [0.717, 1.165) is 0 Å². The fraction of sp³-hybridized carbons (Fsp3) is 1.00. The minimum atomic E-state index is -1.68. The second-order valence-corrected chi connectivity index (χ2v) is 0.986. The van der Waals surface area contributed by atoms with E-state index >= 15 is 0 Å². The van der Waals surface area contributed by atoms with Crippen LogP contribution >= 0.6 is 0 Å². The first kappa shape index (κ1) is 6.90. The van der Waals surface area contributed by atoms with Crippen molar-refractivity contribution in [2.45, 2.75) is 0 Å². The molecule has 0 aromatic heterocycles. The second kappa shape index (κ2) is 4.07. The van der Waals surface area contributed by atoms with Crippen LogP contribution < -0.4 is 5.73 Å². The third-order valence-corrected chi connectivity index (χ3v) is 0.385. The van der Waals surface area contributed by atoms with Gasteiger partial charge in [-0.3, -0.25) is 0 Å². The minimum Gasteiger partial charge on any atom is -0.402 e. The number of nitrogens with two attached hydrogens (primary N) is 1. The molecule has 0 atom stereocenters. The van der Waals surface area contributed by atoms with E-state index in [1.807, 2.05) is 0 Å². The molecule has 4 nitrogen and oxygen atoms in total. The summed E-state index contributed by atoms with van der Waals surface area (Å²) in [4.78, 5) is 0. The van der Waals surface area contributed by atoms with Gasteiger partial charge in [-0.2, -0.15) is 0 Å². The SMILES string of the molecule is NCCOB(O)O. The van der Waals surface area contributed by atoms with Crippen molar-refractivity contribution in [3.05, 3.63) is 0 Å². The van der Waals surface area contributed by atoms with Crippen molar-refractivity contribution in [1.29, 1.82) is 0 Å². The van der Waals surface area contributed by atoms with Crippen molar-refractivity contribution in [3.63, 3.8) is 0 Å². The Labute approximate surface area is 42.1 Å². The molecule has 0 bridgehead atoms. The van der Waals surface area contributed by atoms with Gasteiger partial charge >= 0.3 is 7.32 Å². The van der Waals surface area contributed by atoms with Crippen molar-refractivity contribution in [1.82, 2.24) is 0 Å². The Bertz CT molecular complexity index is 41.9. The molecule has 0 aliphatic rings. The van der Waals surface area contributed by atoms with E-state index in [0.29, 0.717) is 6.54 Å². The zero-order chi connectivity index (χ0) is 5.70. The molecule has 0 aromatic rings. The van der Waals surface area contributed by atoms with Gasteiger partial charge in [0.2, 0.25) is 0 Å². The lowest BCUT2D eigenvalue weighted by Gasteiger charge is -1.95. The van der Waals surface area contributed by atoms with Crippen LogP contribution in [0, 0.1) is 0 Å². The maximum atomic E-state index is 7.96. The molecule has 0 unspecified atom stereocenters. The van der Waals surface area contributed by atoms with Crippen LogP contribution in [0.5, 0.6) is 0 Å². The first-order valence-electron chi connectivity index (χ1n) is 1.95. The maximum Gasteiger partial charge on any atom is 0.633 e. The third kappa shape index (κ3) is 5.90. The molecule has 42 valence electrons. The smallest absolute Gasteiger partial charge is 0.402 e. The van der Waals surface area contributed by atoms with E-state index in [4.69, 9.17) is 15.8 Å². The Hall–Kier alpha value is -0.0951. The highest BCUT2D eigenvalue weighted by molar-refractivity contribution is 6.32. The van der Waals surface area contributed by atoms with Gasteiger partial charge in [0.05, 0.1) is 0 Å². The van der Waals surface area contributed by atoms with Crippen LogP contribution in [-0.2, 0) is 4.65 Å². The first-order valence-corrected chi connectivity index (χ1v) is 1.95. The summed E-state index contributed by atoms with van der Waals surface area (Å²) in [7, 11) is -1.68. The minimum absolute atomic E-state index is 0.178. The van der Waals surface area contributed by atoms with Crippen LogP contribution in [-0.4, -0.2) is 30.5 Å². The molecule has 0 rings (SSSR count). The fourth-order valence-electron chi connectivity index (χ4n) is 0.173. The molecule has 0 saturated carbocycles. The zero-order valence-electron chi connectivity index (χ0n) is 3.87. The predicted octanol–water partition coefficient (Wildman–Crippen LogP) is -2.07. The van der Waals surface area contributed by atoms with Crippen molar-refractivity contribution in [2.24, 2.45) is 5.73 Å². The van der Waals surface area contributed by atoms with Gasteiger partial charge in [-0.05, 0) is 0 Å². The summed E-state index contributed by atoms with van der Waals surface area (Å²) in [6.45, 7) is 0.481. The second-order valence-electron chi connectivity index (χ2n) is 0.986. The molecular weight excluding hydrogens is 96.8 g/mol. The van der Waals surface area contributed by atoms with E-state index in [2.05, 4.69) is 4.65 Å². The standard InChI is InChI=1S/C2H8BNO3/c4-1-2-7-3(5)6/h5-6H,1-2,4H2. The molecule has 7 heavy (non-hydrogen) atoms. The van der Waals surface area contributed by atoms with Gasteiger partial charge < -0.3 is 20.4 Å². The molecule has 0 fully saturated rings. The number of rotatable bonds is 3. The largest absolute Gasteiger partial charge is 0.633 e. The number of hydrogen-bond donors (Lipinski definition) is 3. The summed E-state index contributed by atoms with van der Waals surface area (Å²) >= 11 is 0. The molecule has 5 heteroatoms. The van der Waals surface area contributed by atoms with Crippen LogP contribution in [0.15, 0.2) is 0 Å². The van der Waals surface area contributed by atoms with Gasteiger partial charge in [-0.15, -0.1) is 0 Å². The highest BCUT2D eigenvalue weighted by atomic mass is 16.6.